The molecule has 1 N–H and O–H groups in total. The largest absolute Gasteiger partial charge is 0.453 e. The maximum absolute atomic E-state index is 15.9. The van der Waals surface area contributed by atoms with Crippen LogP contribution in [0.15, 0.2) is 29.2 Å². The maximum atomic E-state index is 15.9. The molecule has 5 rings (SSSR count). The number of imidazole rings is 1. The second kappa shape index (κ2) is 9.05. The molecule has 0 spiro atoms. The molecule has 2 aromatic carbocycles. The normalized spacial score (nSPS) is 19.5. The molecule has 0 saturated carbocycles. The number of carbonyl (C=O) groups excluding carboxylic acids is 1. The van der Waals surface area contributed by atoms with Crippen molar-refractivity contribution in [3.05, 3.63) is 46.2 Å². The van der Waals surface area contributed by atoms with Crippen molar-refractivity contribution >= 4 is 38.8 Å². The van der Waals surface area contributed by atoms with Crippen molar-refractivity contribution < 1.29 is 27.1 Å². The Balaban J connectivity index is 1.64. The Morgan fingerprint density at radius 2 is 2.17 bits per heavy atom. The van der Waals surface area contributed by atoms with Gasteiger partial charge in [-0.3, -0.25) is 0 Å². The molecule has 1 amide bonds. The predicted molar refractivity (Wildman–Crippen MR) is 127 cm³/mol. The zero-order chi connectivity index (χ0) is 24.9. The number of amides is 1. The van der Waals surface area contributed by atoms with Crippen LogP contribution in [0.5, 0.6) is 0 Å². The number of sulfonamides is 1. The first-order chi connectivity index (χ1) is 16.7. The van der Waals surface area contributed by atoms with Gasteiger partial charge in [0.05, 0.1) is 59.4 Å². The summed E-state index contributed by atoms with van der Waals surface area (Å²) >= 11 is 6.50. The van der Waals surface area contributed by atoms with E-state index >= 15 is 4.39 Å². The number of nitrogens with zero attached hydrogens (tertiary/aromatic N) is 3. The number of ether oxygens (including phenoxy) is 2. The summed E-state index contributed by atoms with van der Waals surface area (Å²) < 4.78 is 55.7. The van der Waals surface area contributed by atoms with E-state index in [4.69, 9.17) is 26.1 Å². The van der Waals surface area contributed by atoms with Crippen LogP contribution in [-0.4, -0.2) is 68.4 Å². The Labute approximate surface area is 206 Å². The van der Waals surface area contributed by atoms with Gasteiger partial charge >= 0.3 is 6.09 Å². The van der Waals surface area contributed by atoms with Crippen molar-refractivity contribution in [1.29, 1.82) is 0 Å². The fraction of sp³-hybridized carbons (Fsp3) is 0.391. The first-order valence-electron chi connectivity index (χ1n) is 11.1. The Bertz CT molecular complexity index is 1440. The lowest BCUT2D eigenvalue weighted by molar-refractivity contribution is -0.0310. The predicted octanol–water partition coefficient (Wildman–Crippen LogP) is 3.11. The highest BCUT2D eigenvalue weighted by molar-refractivity contribution is 7.89. The summed E-state index contributed by atoms with van der Waals surface area (Å²) in [7, 11) is -2.51. The highest BCUT2D eigenvalue weighted by Gasteiger charge is 2.32. The first-order valence-corrected chi connectivity index (χ1v) is 13.0. The van der Waals surface area contributed by atoms with Crippen LogP contribution >= 0.6 is 11.6 Å². The number of methoxy groups -OCH3 is 1. The number of nitrogens with one attached hydrogen (secondary N) is 1. The summed E-state index contributed by atoms with van der Waals surface area (Å²) in [5.41, 5.74) is 2.49. The minimum atomic E-state index is -3.84. The maximum Gasteiger partial charge on any atom is 0.409 e. The quantitative estimate of drug-likeness (QED) is 0.567. The van der Waals surface area contributed by atoms with Gasteiger partial charge in [0.1, 0.15) is 11.6 Å². The van der Waals surface area contributed by atoms with Crippen LogP contribution in [0, 0.1) is 12.7 Å². The topological polar surface area (TPSA) is 103 Å². The Hall–Kier alpha value is -2.73. The highest BCUT2D eigenvalue weighted by atomic mass is 35.5. The van der Waals surface area contributed by atoms with Crippen LogP contribution < -0.4 is 4.72 Å². The van der Waals surface area contributed by atoms with Gasteiger partial charge in [0, 0.05) is 18.7 Å². The van der Waals surface area contributed by atoms with E-state index in [9.17, 15) is 13.2 Å². The molecule has 0 bridgehead atoms. The Morgan fingerprint density at radius 3 is 2.94 bits per heavy atom. The van der Waals surface area contributed by atoms with Crippen LogP contribution in [-0.2, 0) is 32.5 Å². The van der Waals surface area contributed by atoms with Crippen molar-refractivity contribution in [1.82, 2.24) is 19.2 Å². The average Bonchev–Trinajstić information content (AvgIpc) is 3.16. The third kappa shape index (κ3) is 4.26. The van der Waals surface area contributed by atoms with Crippen molar-refractivity contribution in [3.63, 3.8) is 0 Å². The van der Waals surface area contributed by atoms with Gasteiger partial charge in [0.15, 0.2) is 0 Å². The lowest BCUT2D eigenvalue weighted by Crippen LogP contribution is -2.47. The van der Waals surface area contributed by atoms with Crippen molar-refractivity contribution in [3.8, 4) is 11.4 Å². The number of carbonyl (C=O) groups is 1. The number of aromatic nitrogens is 2. The smallest absolute Gasteiger partial charge is 0.409 e. The molecule has 186 valence electrons. The highest BCUT2D eigenvalue weighted by Crippen LogP contribution is 2.38. The van der Waals surface area contributed by atoms with Gasteiger partial charge in [-0.2, -0.15) is 0 Å². The van der Waals surface area contributed by atoms with Crippen LogP contribution in [0.4, 0.5) is 9.18 Å². The lowest BCUT2D eigenvalue weighted by atomic mass is 10.1. The second-order valence-electron chi connectivity index (χ2n) is 8.62. The molecule has 1 fully saturated rings. The molecular weight excluding hydrogens is 499 g/mol. The number of halogens is 2. The standard InChI is InChI=1S/C23H24ClFN4O5S/c1-13-3-4-18-17(9-13)27-22(29(18)12-14-11-28(7-8-34-14)23(30)33-2)20-16(24)10-19-15(21(20)25)5-6-26-35(19,31)32/h3-4,9-10,14,26H,5-8,11-12H2,1-2H3/t14-/m1/s1. The SMILES string of the molecule is COC(=O)N1CCO[C@@H](Cn2c(-c3c(Cl)cc4c(c3F)CCNS4(=O)=O)nc3cc(C)ccc32)C1. The van der Waals surface area contributed by atoms with Gasteiger partial charge in [-0.1, -0.05) is 17.7 Å². The van der Waals surface area contributed by atoms with Gasteiger partial charge in [-0.25, -0.2) is 27.3 Å². The zero-order valence-electron chi connectivity index (χ0n) is 19.2. The zero-order valence-corrected chi connectivity index (χ0v) is 20.7. The number of hydrogen-bond donors (Lipinski definition) is 1. The van der Waals surface area contributed by atoms with Crippen LogP contribution in [0.3, 0.4) is 0 Å². The third-order valence-electron chi connectivity index (χ3n) is 6.32. The van der Waals surface area contributed by atoms with Gasteiger partial charge in [0.25, 0.3) is 0 Å². The van der Waals surface area contributed by atoms with Gasteiger partial charge in [-0.15, -0.1) is 0 Å². The van der Waals surface area contributed by atoms with E-state index in [0.29, 0.717) is 25.2 Å². The molecule has 0 radical (unpaired) electrons. The third-order valence-corrected chi connectivity index (χ3v) is 8.15. The molecule has 0 aliphatic carbocycles. The van der Waals surface area contributed by atoms with E-state index in [-0.39, 0.29) is 46.4 Å². The van der Waals surface area contributed by atoms with Crippen molar-refractivity contribution in [2.75, 3.05) is 33.4 Å². The minimum Gasteiger partial charge on any atom is -0.453 e. The molecule has 9 nitrogen and oxygen atoms in total. The molecule has 1 aromatic heterocycles. The molecule has 2 aliphatic heterocycles. The van der Waals surface area contributed by atoms with Gasteiger partial charge in [-0.05, 0) is 37.1 Å². The Morgan fingerprint density at radius 1 is 1.37 bits per heavy atom. The summed E-state index contributed by atoms with van der Waals surface area (Å²) in [6.45, 7) is 3.34. The summed E-state index contributed by atoms with van der Waals surface area (Å²) in [5.74, 6) is -0.433. The molecule has 1 atom stereocenters. The molecule has 0 unspecified atom stereocenters. The summed E-state index contributed by atoms with van der Waals surface area (Å²) in [4.78, 5) is 18.1. The second-order valence-corrected chi connectivity index (χ2v) is 10.8. The fourth-order valence-electron chi connectivity index (χ4n) is 4.65. The molecule has 3 aromatic rings. The molecule has 35 heavy (non-hydrogen) atoms. The molecular formula is C23H24ClFN4O5S. The Kier molecular flexibility index (Phi) is 6.20. The number of aryl methyl sites for hydroxylation is 1. The van der Waals surface area contributed by atoms with E-state index in [1.54, 1.807) is 4.90 Å². The fourth-order valence-corrected chi connectivity index (χ4v) is 6.30. The molecule has 1 saturated heterocycles. The van der Waals surface area contributed by atoms with E-state index in [1.807, 2.05) is 29.7 Å². The molecule has 2 aliphatic rings. The van der Waals surface area contributed by atoms with Crippen molar-refractivity contribution in [2.24, 2.45) is 0 Å². The van der Waals surface area contributed by atoms with Crippen molar-refractivity contribution in [2.45, 2.75) is 30.9 Å². The van der Waals surface area contributed by atoms with Crippen LogP contribution in [0.1, 0.15) is 11.1 Å². The number of benzene rings is 2. The summed E-state index contributed by atoms with van der Waals surface area (Å²) in [6.07, 6.45) is -0.642. The van der Waals surface area contributed by atoms with E-state index in [1.165, 1.54) is 13.2 Å². The summed E-state index contributed by atoms with van der Waals surface area (Å²) in [5, 5.41) is -0.0532. The van der Waals surface area contributed by atoms with Gasteiger partial charge < -0.3 is 18.9 Å². The van der Waals surface area contributed by atoms with Crippen LogP contribution in [0.2, 0.25) is 5.02 Å². The number of morpholine rings is 1. The monoisotopic (exact) mass is 522 g/mol. The van der Waals surface area contributed by atoms with Crippen LogP contribution in [0.25, 0.3) is 22.4 Å². The number of rotatable bonds is 3. The lowest BCUT2D eigenvalue weighted by Gasteiger charge is -2.32. The van der Waals surface area contributed by atoms with Gasteiger partial charge in [0.2, 0.25) is 10.0 Å². The van der Waals surface area contributed by atoms with E-state index in [0.717, 1.165) is 11.1 Å². The number of fused-ring (bicyclic) bond motifs is 2. The minimum absolute atomic E-state index is 0.0389. The molecule has 3 heterocycles. The molecule has 12 heteroatoms. The van der Waals surface area contributed by atoms with E-state index < -0.39 is 28.0 Å². The van der Waals surface area contributed by atoms with E-state index in [2.05, 4.69) is 4.72 Å². The summed E-state index contributed by atoms with van der Waals surface area (Å²) in [6, 6.07) is 6.98. The average molecular weight is 523 g/mol. The first kappa shape index (κ1) is 24.0. The number of hydrogen-bond acceptors (Lipinski definition) is 6.